The van der Waals surface area contributed by atoms with Crippen LogP contribution in [0.4, 0.5) is 0 Å². The molecule has 0 spiro atoms. The second kappa shape index (κ2) is 6.96. The van der Waals surface area contributed by atoms with Crippen molar-refractivity contribution < 1.29 is 17.9 Å². The Balaban J connectivity index is 2.09. The third-order valence-corrected chi connectivity index (χ3v) is 5.62. The topological polar surface area (TPSA) is 92.9 Å². The van der Waals surface area contributed by atoms with Gasteiger partial charge in [0.1, 0.15) is 0 Å². The summed E-state index contributed by atoms with van der Waals surface area (Å²) in [6.07, 6.45) is -0.256. The quantitative estimate of drug-likeness (QED) is 0.847. The molecule has 1 aliphatic heterocycles. The maximum atomic E-state index is 12.7. The number of ether oxygens (including phenoxy) is 1. The minimum absolute atomic E-state index is 0.128. The number of nitrogens with zero attached hydrogens (tertiary/aromatic N) is 2. The van der Waals surface area contributed by atoms with E-state index in [9.17, 15) is 13.2 Å². The Labute approximate surface area is 137 Å². The first kappa shape index (κ1) is 17.9. The van der Waals surface area contributed by atoms with Gasteiger partial charge in [0.25, 0.3) is 10.2 Å². The second-order valence-corrected chi connectivity index (χ2v) is 7.93. The predicted molar refractivity (Wildman–Crippen MR) is 86.9 cm³/mol. The van der Waals surface area contributed by atoms with Crippen molar-refractivity contribution in [3.63, 3.8) is 0 Å². The number of carbonyl (C=O) groups excluding carboxylic acids is 1. The normalized spacial score (nSPS) is 23.1. The van der Waals surface area contributed by atoms with Crippen molar-refractivity contribution in [2.45, 2.75) is 32.6 Å². The Morgan fingerprint density at radius 2 is 1.78 bits per heavy atom. The van der Waals surface area contributed by atoms with Crippen LogP contribution in [0.2, 0.25) is 0 Å². The summed E-state index contributed by atoms with van der Waals surface area (Å²) in [4.78, 5) is 11.1. The van der Waals surface area contributed by atoms with Crippen molar-refractivity contribution in [1.82, 2.24) is 8.61 Å². The van der Waals surface area contributed by atoms with E-state index in [0.29, 0.717) is 18.7 Å². The fourth-order valence-electron chi connectivity index (χ4n) is 2.63. The number of amides is 1. The molecule has 8 heteroatoms. The highest BCUT2D eigenvalue weighted by atomic mass is 32.2. The molecule has 0 unspecified atom stereocenters. The number of hydrogen-bond acceptors (Lipinski definition) is 4. The van der Waals surface area contributed by atoms with Gasteiger partial charge in [-0.25, -0.2) is 0 Å². The molecule has 1 fully saturated rings. The molecule has 1 aromatic carbocycles. The zero-order valence-corrected chi connectivity index (χ0v) is 14.4. The summed E-state index contributed by atoms with van der Waals surface area (Å²) < 4.78 is 33.7. The molecule has 7 nitrogen and oxygen atoms in total. The summed E-state index contributed by atoms with van der Waals surface area (Å²) in [6, 6.07) is 6.60. The van der Waals surface area contributed by atoms with Crippen LogP contribution in [0.15, 0.2) is 24.3 Å². The van der Waals surface area contributed by atoms with Crippen molar-refractivity contribution in [2.75, 3.05) is 20.1 Å². The largest absolute Gasteiger partial charge is 0.373 e. The molecule has 0 aliphatic carbocycles. The van der Waals surface area contributed by atoms with Crippen LogP contribution in [0.25, 0.3) is 0 Å². The van der Waals surface area contributed by atoms with Gasteiger partial charge in [0, 0.05) is 32.2 Å². The number of morpholine rings is 1. The molecular weight excluding hydrogens is 318 g/mol. The Kier molecular flexibility index (Phi) is 5.41. The number of carbonyl (C=O) groups is 1. The molecule has 128 valence electrons. The smallest absolute Gasteiger partial charge is 0.282 e. The van der Waals surface area contributed by atoms with E-state index in [1.807, 2.05) is 13.8 Å². The fourth-order valence-corrected chi connectivity index (χ4v) is 4.13. The third-order valence-electron chi connectivity index (χ3n) is 3.75. The van der Waals surface area contributed by atoms with E-state index in [-0.39, 0.29) is 18.8 Å². The van der Waals surface area contributed by atoms with Crippen molar-refractivity contribution in [3.05, 3.63) is 35.4 Å². The molecule has 1 heterocycles. The molecule has 2 rings (SSSR count). The lowest BCUT2D eigenvalue weighted by Gasteiger charge is -2.36. The zero-order chi connectivity index (χ0) is 17.2. The highest BCUT2D eigenvalue weighted by Gasteiger charge is 2.33. The van der Waals surface area contributed by atoms with Crippen LogP contribution in [0, 0.1) is 0 Å². The van der Waals surface area contributed by atoms with E-state index >= 15 is 0 Å². The van der Waals surface area contributed by atoms with Crippen LogP contribution >= 0.6 is 0 Å². The zero-order valence-electron chi connectivity index (χ0n) is 13.6. The first-order chi connectivity index (χ1) is 10.7. The van der Waals surface area contributed by atoms with Crippen LogP contribution < -0.4 is 5.73 Å². The average molecular weight is 341 g/mol. The van der Waals surface area contributed by atoms with Gasteiger partial charge < -0.3 is 10.5 Å². The first-order valence-corrected chi connectivity index (χ1v) is 8.85. The van der Waals surface area contributed by atoms with Gasteiger partial charge in [-0.2, -0.15) is 17.0 Å². The fraction of sp³-hybridized carbons (Fsp3) is 0.533. The predicted octanol–water partition coefficient (Wildman–Crippen LogP) is 0.571. The molecule has 0 aromatic heterocycles. The molecule has 1 aromatic rings. The second-order valence-electron chi connectivity index (χ2n) is 5.90. The van der Waals surface area contributed by atoms with Gasteiger partial charge in [-0.1, -0.05) is 12.1 Å². The third kappa shape index (κ3) is 4.29. The molecule has 2 N–H and O–H groups in total. The Bertz CT molecular complexity index is 650. The van der Waals surface area contributed by atoms with Crippen LogP contribution in [0.1, 0.15) is 29.8 Å². The highest BCUT2D eigenvalue weighted by Crippen LogP contribution is 2.18. The van der Waals surface area contributed by atoms with Gasteiger partial charge in [0.15, 0.2) is 0 Å². The highest BCUT2D eigenvalue weighted by molar-refractivity contribution is 7.86. The standard InChI is InChI=1S/C15H23N3O4S/c1-11-8-18(9-12(2)22-11)23(20,21)17(3)10-13-4-6-14(7-5-13)15(16)19/h4-7,11-12H,8-10H2,1-3H3,(H2,16,19)/t11-,12+. The van der Waals surface area contributed by atoms with E-state index in [1.54, 1.807) is 31.3 Å². The van der Waals surface area contributed by atoms with Crippen LogP contribution in [0.3, 0.4) is 0 Å². The number of benzene rings is 1. The van der Waals surface area contributed by atoms with E-state index in [4.69, 9.17) is 10.5 Å². The van der Waals surface area contributed by atoms with Crippen molar-refractivity contribution in [2.24, 2.45) is 5.73 Å². The molecule has 1 amide bonds. The molecule has 2 atom stereocenters. The van der Waals surface area contributed by atoms with Crippen LogP contribution in [0.5, 0.6) is 0 Å². The van der Waals surface area contributed by atoms with Crippen molar-refractivity contribution >= 4 is 16.1 Å². The number of rotatable bonds is 5. The van der Waals surface area contributed by atoms with Gasteiger partial charge in [-0.05, 0) is 31.5 Å². The van der Waals surface area contributed by atoms with Gasteiger partial charge in [0.05, 0.1) is 12.2 Å². The molecule has 1 saturated heterocycles. The first-order valence-electron chi connectivity index (χ1n) is 7.45. The average Bonchev–Trinajstić information content (AvgIpc) is 2.46. The van der Waals surface area contributed by atoms with Gasteiger partial charge in [-0.3, -0.25) is 4.79 Å². The lowest BCUT2D eigenvalue weighted by atomic mass is 10.1. The van der Waals surface area contributed by atoms with Crippen LogP contribution in [-0.4, -0.2) is 55.3 Å². The monoisotopic (exact) mass is 341 g/mol. The Hall–Kier alpha value is -1.48. The van der Waals surface area contributed by atoms with Gasteiger partial charge in [-0.15, -0.1) is 0 Å². The summed E-state index contributed by atoms with van der Waals surface area (Å²) in [5, 5.41) is 0. The van der Waals surface area contributed by atoms with E-state index in [0.717, 1.165) is 5.56 Å². The molecular formula is C15H23N3O4S. The molecule has 0 radical (unpaired) electrons. The SMILES string of the molecule is C[C@@H]1CN(S(=O)(=O)N(C)Cc2ccc(C(N)=O)cc2)C[C@H](C)O1. The van der Waals surface area contributed by atoms with E-state index < -0.39 is 16.1 Å². The van der Waals surface area contributed by atoms with E-state index in [2.05, 4.69) is 0 Å². The molecule has 0 saturated carbocycles. The van der Waals surface area contributed by atoms with Gasteiger partial charge >= 0.3 is 0 Å². The minimum Gasteiger partial charge on any atom is -0.373 e. The summed E-state index contributed by atoms with van der Waals surface area (Å²) >= 11 is 0. The number of hydrogen-bond donors (Lipinski definition) is 1. The lowest BCUT2D eigenvalue weighted by Crippen LogP contribution is -2.52. The molecule has 23 heavy (non-hydrogen) atoms. The summed E-state index contributed by atoms with van der Waals surface area (Å²) in [5.74, 6) is -0.506. The summed E-state index contributed by atoms with van der Waals surface area (Å²) in [7, 11) is -2.01. The van der Waals surface area contributed by atoms with Crippen LogP contribution in [-0.2, 0) is 21.5 Å². The minimum atomic E-state index is -3.56. The van der Waals surface area contributed by atoms with E-state index in [1.165, 1.54) is 8.61 Å². The summed E-state index contributed by atoms with van der Waals surface area (Å²) in [5.41, 5.74) is 6.38. The maximum absolute atomic E-state index is 12.7. The van der Waals surface area contributed by atoms with Crippen molar-refractivity contribution in [3.8, 4) is 0 Å². The maximum Gasteiger partial charge on any atom is 0.282 e. The Morgan fingerprint density at radius 3 is 2.26 bits per heavy atom. The lowest BCUT2D eigenvalue weighted by molar-refractivity contribution is -0.0453. The molecule has 0 bridgehead atoms. The van der Waals surface area contributed by atoms with Gasteiger partial charge in [0.2, 0.25) is 5.91 Å². The number of primary amides is 1. The summed E-state index contributed by atoms with van der Waals surface area (Å²) in [6.45, 7) is 4.64. The number of nitrogens with two attached hydrogens (primary N) is 1. The Morgan fingerprint density at radius 1 is 1.26 bits per heavy atom. The molecule has 1 aliphatic rings. The van der Waals surface area contributed by atoms with Crippen molar-refractivity contribution in [1.29, 1.82) is 0 Å².